The highest BCUT2D eigenvalue weighted by molar-refractivity contribution is 7.88. The molecule has 2 heterocycles. The summed E-state index contributed by atoms with van der Waals surface area (Å²) in [5.41, 5.74) is 0.559. The molecule has 0 N–H and O–H groups in total. The predicted octanol–water partition coefficient (Wildman–Crippen LogP) is 3.34. The molecule has 10 heteroatoms. The first-order valence-corrected chi connectivity index (χ1v) is 12.9. The van der Waals surface area contributed by atoms with Crippen LogP contribution in [0.15, 0.2) is 18.2 Å². The number of rotatable bonds is 6. The van der Waals surface area contributed by atoms with Gasteiger partial charge in [0.05, 0.1) is 34.2 Å². The number of hydrogen-bond donors (Lipinski definition) is 0. The van der Waals surface area contributed by atoms with Crippen molar-refractivity contribution in [3.05, 3.63) is 33.8 Å². The van der Waals surface area contributed by atoms with Gasteiger partial charge in [-0.2, -0.15) is 0 Å². The van der Waals surface area contributed by atoms with Crippen LogP contribution in [0.3, 0.4) is 0 Å². The lowest BCUT2D eigenvalue weighted by molar-refractivity contribution is -0.152. The van der Waals surface area contributed by atoms with Gasteiger partial charge in [0.15, 0.2) is 0 Å². The van der Waals surface area contributed by atoms with E-state index in [9.17, 15) is 18.0 Å². The molecule has 0 spiro atoms. The van der Waals surface area contributed by atoms with Gasteiger partial charge in [0.25, 0.3) is 0 Å². The summed E-state index contributed by atoms with van der Waals surface area (Å²) in [7, 11) is -3.59. The molecule has 1 atom stereocenters. The van der Waals surface area contributed by atoms with Gasteiger partial charge < -0.3 is 9.64 Å². The number of halogens is 2. The average molecular weight is 491 g/mol. The molecule has 1 aromatic carbocycles. The molecule has 2 aliphatic heterocycles. The predicted molar refractivity (Wildman–Crippen MR) is 119 cm³/mol. The largest absolute Gasteiger partial charge is 0.466 e. The second-order valence-electron chi connectivity index (χ2n) is 8.05. The zero-order chi connectivity index (χ0) is 22.6. The minimum Gasteiger partial charge on any atom is -0.466 e. The maximum absolute atomic E-state index is 13.0. The van der Waals surface area contributed by atoms with Crippen LogP contribution in [0.1, 0.15) is 38.2 Å². The fourth-order valence-electron chi connectivity index (χ4n) is 4.18. The topological polar surface area (TPSA) is 84.0 Å². The molecule has 0 bridgehead atoms. The number of sulfonamides is 1. The Balaban J connectivity index is 1.59. The lowest BCUT2D eigenvalue weighted by atomic mass is 9.93. The number of benzene rings is 1. The minimum absolute atomic E-state index is 0.0308. The third-order valence-corrected chi connectivity index (χ3v) is 8.44. The van der Waals surface area contributed by atoms with E-state index in [4.69, 9.17) is 27.9 Å². The maximum Gasteiger partial charge on any atom is 0.309 e. The number of likely N-dealkylation sites (tertiary alicyclic amines) is 1. The fraction of sp³-hybridized carbons (Fsp3) is 0.619. The highest BCUT2D eigenvalue weighted by atomic mass is 35.5. The van der Waals surface area contributed by atoms with E-state index in [0.717, 1.165) is 0 Å². The first-order chi connectivity index (χ1) is 14.7. The number of nitrogens with zero attached hydrogens (tertiary/aromatic N) is 2. The van der Waals surface area contributed by atoms with Crippen LogP contribution in [-0.2, 0) is 30.1 Å². The monoisotopic (exact) mass is 490 g/mol. The van der Waals surface area contributed by atoms with Crippen molar-refractivity contribution in [1.29, 1.82) is 0 Å². The standard InChI is InChI=1S/C21H28Cl2N2O5S/c1-2-30-21(27)16-7-10-24(11-8-16)20(26)17-4-3-9-25(13-17)31(28,29)14-15-5-6-18(22)19(23)12-15/h5-6,12,16-17H,2-4,7-11,13-14H2,1H3/t17-/m0/s1. The van der Waals surface area contributed by atoms with E-state index >= 15 is 0 Å². The molecule has 2 saturated heterocycles. The second kappa shape index (κ2) is 10.5. The van der Waals surface area contributed by atoms with Gasteiger partial charge in [-0.25, -0.2) is 12.7 Å². The number of hydrogen-bond acceptors (Lipinski definition) is 5. The van der Waals surface area contributed by atoms with Gasteiger partial charge in [0.2, 0.25) is 15.9 Å². The van der Waals surface area contributed by atoms with E-state index in [-0.39, 0.29) is 36.0 Å². The highest BCUT2D eigenvalue weighted by Crippen LogP contribution is 2.28. The number of carbonyl (C=O) groups is 2. The van der Waals surface area contributed by atoms with Gasteiger partial charge in [-0.05, 0) is 50.3 Å². The van der Waals surface area contributed by atoms with E-state index in [1.54, 1.807) is 30.0 Å². The molecule has 0 aliphatic carbocycles. The summed E-state index contributed by atoms with van der Waals surface area (Å²) in [5, 5.41) is 0.686. The van der Waals surface area contributed by atoms with Crippen LogP contribution in [0.2, 0.25) is 10.0 Å². The van der Waals surface area contributed by atoms with Gasteiger partial charge in [-0.15, -0.1) is 0 Å². The van der Waals surface area contributed by atoms with Crippen LogP contribution in [-0.4, -0.2) is 62.3 Å². The molecule has 172 valence electrons. The molecule has 0 saturated carbocycles. The van der Waals surface area contributed by atoms with Crippen LogP contribution in [0, 0.1) is 11.8 Å². The summed E-state index contributed by atoms with van der Waals surface area (Å²) in [4.78, 5) is 26.7. The molecule has 0 aromatic heterocycles. The minimum atomic E-state index is -3.59. The smallest absolute Gasteiger partial charge is 0.309 e. The summed E-state index contributed by atoms with van der Waals surface area (Å²) in [6.45, 7) is 3.70. The van der Waals surface area contributed by atoms with Crippen molar-refractivity contribution in [3.8, 4) is 0 Å². The summed E-state index contributed by atoms with van der Waals surface area (Å²) >= 11 is 11.9. The van der Waals surface area contributed by atoms with E-state index in [2.05, 4.69) is 0 Å². The lowest BCUT2D eigenvalue weighted by Crippen LogP contribution is -2.49. The number of ether oxygens (including phenoxy) is 1. The zero-order valence-corrected chi connectivity index (χ0v) is 19.9. The molecule has 2 aliphatic rings. The Labute approximate surface area is 193 Å². The van der Waals surface area contributed by atoms with E-state index in [1.165, 1.54) is 4.31 Å². The van der Waals surface area contributed by atoms with Gasteiger partial charge >= 0.3 is 5.97 Å². The fourth-order valence-corrected chi connectivity index (χ4v) is 6.10. The summed E-state index contributed by atoms with van der Waals surface area (Å²) in [6, 6.07) is 4.78. The van der Waals surface area contributed by atoms with Crippen LogP contribution >= 0.6 is 23.2 Å². The van der Waals surface area contributed by atoms with Crippen LogP contribution < -0.4 is 0 Å². The molecule has 3 rings (SSSR count). The Hall–Kier alpha value is -1.35. The van der Waals surface area contributed by atoms with Crippen molar-refractivity contribution in [2.75, 3.05) is 32.8 Å². The number of piperidine rings is 2. The van der Waals surface area contributed by atoms with Crippen LogP contribution in [0.25, 0.3) is 0 Å². The Morgan fingerprint density at radius 2 is 1.77 bits per heavy atom. The molecule has 0 radical (unpaired) electrons. The van der Waals surface area contributed by atoms with Gasteiger partial charge in [0.1, 0.15) is 0 Å². The van der Waals surface area contributed by atoms with E-state index in [0.29, 0.717) is 67.5 Å². The Bertz CT molecular complexity index is 916. The van der Waals surface area contributed by atoms with Gasteiger partial charge in [0, 0.05) is 26.2 Å². The van der Waals surface area contributed by atoms with Crippen LogP contribution in [0.5, 0.6) is 0 Å². The number of amides is 1. The quantitative estimate of drug-likeness (QED) is 0.570. The Morgan fingerprint density at radius 3 is 2.42 bits per heavy atom. The van der Waals surface area contributed by atoms with Crippen molar-refractivity contribution in [3.63, 3.8) is 0 Å². The summed E-state index contributed by atoms with van der Waals surface area (Å²) in [5.74, 6) is -0.950. The van der Waals surface area contributed by atoms with Crippen molar-refractivity contribution in [2.45, 2.75) is 38.4 Å². The third-order valence-electron chi connectivity index (χ3n) is 5.89. The normalized spacial score (nSPS) is 21.1. The molecular formula is C21H28Cl2N2O5S. The van der Waals surface area contributed by atoms with Gasteiger partial charge in [-0.3, -0.25) is 9.59 Å². The molecule has 0 unspecified atom stereocenters. The third kappa shape index (κ3) is 6.12. The SMILES string of the molecule is CCOC(=O)C1CCN(C(=O)[C@H]2CCCN(S(=O)(=O)Cc3ccc(Cl)c(Cl)c3)C2)CC1. The lowest BCUT2D eigenvalue weighted by Gasteiger charge is -2.37. The van der Waals surface area contributed by atoms with E-state index in [1.807, 2.05) is 0 Å². The first kappa shape index (κ1) is 24.3. The molecule has 2 fully saturated rings. The molecular weight excluding hydrogens is 463 g/mol. The van der Waals surface area contributed by atoms with Crippen LogP contribution in [0.4, 0.5) is 0 Å². The van der Waals surface area contributed by atoms with Gasteiger partial charge in [-0.1, -0.05) is 29.3 Å². The average Bonchev–Trinajstić information content (AvgIpc) is 2.76. The molecule has 7 nitrogen and oxygen atoms in total. The zero-order valence-electron chi connectivity index (χ0n) is 17.6. The Kier molecular flexibility index (Phi) is 8.24. The van der Waals surface area contributed by atoms with Crippen molar-refractivity contribution in [1.82, 2.24) is 9.21 Å². The summed E-state index contributed by atoms with van der Waals surface area (Å²) in [6.07, 6.45) is 2.46. The maximum atomic E-state index is 13.0. The number of esters is 1. The van der Waals surface area contributed by atoms with Crippen molar-refractivity contribution < 1.29 is 22.7 Å². The first-order valence-electron chi connectivity index (χ1n) is 10.6. The molecule has 1 aromatic rings. The van der Waals surface area contributed by atoms with Crippen molar-refractivity contribution in [2.24, 2.45) is 11.8 Å². The molecule has 31 heavy (non-hydrogen) atoms. The second-order valence-corrected chi connectivity index (χ2v) is 10.8. The number of carbonyl (C=O) groups excluding carboxylic acids is 2. The summed E-state index contributed by atoms with van der Waals surface area (Å²) < 4.78 is 32.4. The Morgan fingerprint density at radius 1 is 1.06 bits per heavy atom. The highest BCUT2D eigenvalue weighted by Gasteiger charge is 2.36. The van der Waals surface area contributed by atoms with Crippen molar-refractivity contribution >= 4 is 45.1 Å². The molecule has 1 amide bonds. The van der Waals surface area contributed by atoms with E-state index < -0.39 is 10.0 Å².